The number of carboxylic acids is 1. The normalized spacial score (nSPS) is 10.2. The molecule has 6 heteroatoms. The van der Waals surface area contributed by atoms with E-state index in [1.807, 2.05) is 30.3 Å². The van der Waals surface area contributed by atoms with E-state index in [1.165, 1.54) is 10.6 Å². The molecule has 1 N–H and O–H groups in total. The average molecular weight is 326 g/mol. The highest BCUT2D eigenvalue weighted by atomic mass is 16.5. The number of aliphatic carboxylic acids is 1. The van der Waals surface area contributed by atoms with Gasteiger partial charge in [-0.05, 0) is 37.1 Å². The third-order valence-corrected chi connectivity index (χ3v) is 3.68. The number of carbonyl (C=O) groups is 1. The van der Waals surface area contributed by atoms with E-state index in [-0.39, 0.29) is 17.5 Å². The largest absolute Gasteiger partial charge is 0.497 e. The maximum atomic E-state index is 12.5. The lowest BCUT2D eigenvalue weighted by atomic mass is 10.1. The summed E-state index contributed by atoms with van der Waals surface area (Å²) in [6, 6.07) is 12.4. The molecule has 124 valence electrons. The van der Waals surface area contributed by atoms with Crippen LogP contribution < -0.4 is 10.3 Å². The van der Waals surface area contributed by atoms with E-state index in [1.54, 1.807) is 13.2 Å². The minimum atomic E-state index is -0.860. The minimum Gasteiger partial charge on any atom is -0.497 e. The Bertz CT molecular complexity index is 834. The summed E-state index contributed by atoms with van der Waals surface area (Å²) in [5.41, 5.74) is 1.18. The molecule has 0 amide bonds. The Morgan fingerprint density at radius 3 is 2.75 bits per heavy atom. The van der Waals surface area contributed by atoms with Gasteiger partial charge in [0.2, 0.25) is 0 Å². The third-order valence-electron chi connectivity index (χ3n) is 3.68. The van der Waals surface area contributed by atoms with Gasteiger partial charge in [0.1, 0.15) is 17.4 Å². The van der Waals surface area contributed by atoms with Gasteiger partial charge in [-0.15, -0.1) is 0 Å². The Morgan fingerprint density at radius 2 is 2.08 bits per heavy atom. The monoisotopic (exact) mass is 326 g/mol. The number of rotatable bonds is 7. The lowest BCUT2D eigenvalue weighted by Gasteiger charge is -2.14. The summed E-state index contributed by atoms with van der Waals surface area (Å²) in [5, 5.41) is 17.8. The second-order valence-electron chi connectivity index (χ2n) is 5.28. The summed E-state index contributed by atoms with van der Waals surface area (Å²) in [5.74, 6) is -0.192. The van der Waals surface area contributed by atoms with Crippen molar-refractivity contribution in [3.8, 4) is 23.1 Å². The number of nitrogens with zero attached hydrogens (tertiary/aromatic N) is 2. The quantitative estimate of drug-likeness (QED) is 0.790. The molecule has 2 rings (SSSR count). The molecule has 24 heavy (non-hydrogen) atoms. The predicted octanol–water partition coefficient (Wildman–Crippen LogP) is 2.65. The van der Waals surface area contributed by atoms with E-state index in [0.717, 1.165) is 5.56 Å². The maximum absolute atomic E-state index is 12.5. The van der Waals surface area contributed by atoms with E-state index in [0.29, 0.717) is 30.8 Å². The van der Waals surface area contributed by atoms with Gasteiger partial charge in [-0.3, -0.25) is 9.59 Å². The fourth-order valence-electron chi connectivity index (χ4n) is 2.47. The molecule has 0 fully saturated rings. The molecule has 1 aromatic carbocycles. The number of hydrogen-bond acceptors (Lipinski definition) is 4. The lowest BCUT2D eigenvalue weighted by Crippen LogP contribution is -2.24. The maximum Gasteiger partial charge on any atom is 0.303 e. The van der Waals surface area contributed by atoms with Crippen LogP contribution in [-0.4, -0.2) is 22.8 Å². The van der Waals surface area contributed by atoms with Gasteiger partial charge in [-0.25, -0.2) is 0 Å². The fraction of sp³-hybridized carbons (Fsp3) is 0.278. The molecule has 0 bridgehead atoms. The van der Waals surface area contributed by atoms with E-state index in [4.69, 9.17) is 15.1 Å². The summed E-state index contributed by atoms with van der Waals surface area (Å²) < 4.78 is 6.73. The van der Waals surface area contributed by atoms with Gasteiger partial charge in [0, 0.05) is 18.5 Å². The molecule has 6 nitrogen and oxygen atoms in total. The van der Waals surface area contributed by atoms with Crippen molar-refractivity contribution >= 4 is 5.97 Å². The van der Waals surface area contributed by atoms with Gasteiger partial charge in [-0.2, -0.15) is 5.26 Å². The van der Waals surface area contributed by atoms with Gasteiger partial charge in [0.25, 0.3) is 5.56 Å². The molecule has 2 aromatic rings. The molecule has 0 aliphatic heterocycles. The van der Waals surface area contributed by atoms with Crippen molar-refractivity contribution in [1.82, 2.24) is 4.57 Å². The number of aromatic nitrogens is 1. The SMILES string of the molecule is COc1cccc(-c2ccc(C#N)c(=O)n2CCCCC(=O)O)c1. The molecule has 0 spiro atoms. The van der Waals surface area contributed by atoms with E-state index >= 15 is 0 Å². The highest BCUT2D eigenvalue weighted by Crippen LogP contribution is 2.23. The van der Waals surface area contributed by atoms with Crippen molar-refractivity contribution in [3.63, 3.8) is 0 Å². The van der Waals surface area contributed by atoms with Crippen molar-refractivity contribution in [2.45, 2.75) is 25.8 Å². The number of methoxy groups -OCH3 is 1. The molecule has 0 aliphatic carbocycles. The molecule has 0 saturated carbocycles. The third kappa shape index (κ3) is 4.02. The van der Waals surface area contributed by atoms with Crippen LogP contribution in [0.4, 0.5) is 0 Å². The Balaban J connectivity index is 2.39. The van der Waals surface area contributed by atoms with E-state index in [9.17, 15) is 9.59 Å². The lowest BCUT2D eigenvalue weighted by molar-refractivity contribution is -0.137. The van der Waals surface area contributed by atoms with E-state index in [2.05, 4.69) is 0 Å². The Kier molecular flexibility index (Phi) is 5.74. The smallest absolute Gasteiger partial charge is 0.303 e. The van der Waals surface area contributed by atoms with Crippen molar-refractivity contribution in [1.29, 1.82) is 5.26 Å². The molecular weight excluding hydrogens is 308 g/mol. The Morgan fingerprint density at radius 1 is 1.29 bits per heavy atom. The number of unbranched alkanes of at least 4 members (excludes halogenated alkanes) is 1. The van der Waals surface area contributed by atoms with Crippen LogP contribution in [0.25, 0.3) is 11.3 Å². The summed E-state index contributed by atoms with van der Waals surface area (Å²) in [6.45, 7) is 0.355. The van der Waals surface area contributed by atoms with Crippen LogP contribution in [-0.2, 0) is 11.3 Å². The predicted molar refractivity (Wildman–Crippen MR) is 88.9 cm³/mol. The molecule has 0 saturated heterocycles. The Labute approximate surface area is 139 Å². The van der Waals surface area contributed by atoms with Gasteiger partial charge >= 0.3 is 5.97 Å². The van der Waals surface area contributed by atoms with Gasteiger partial charge in [0.15, 0.2) is 0 Å². The van der Waals surface area contributed by atoms with Crippen molar-refractivity contribution < 1.29 is 14.6 Å². The summed E-state index contributed by atoms with van der Waals surface area (Å²) in [4.78, 5) is 23.1. The topological polar surface area (TPSA) is 92.3 Å². The first-order valence-electron chi connectivity index (χ1n) is 7.57. The van der Waals surface area contributed by atoms with Gasteiger partial charge in [-0.1, -0.05) is 12.1 Å². The second kappa shape index (κ2) is 7.97. The summed E-state index contributed by atoms with van der Waals surface area (Å²) >= 11 is 0. The first-order valence-corrected chi connectivity index (χ1v) is 7.57. The molecule has 0 atom stereocenters. The molecule has 1 heterocycles. The highest BCUT2D eigenvalue weighted by molar-refractivity contribution is 5.66. The molecule has 0 radical (unpaired) electrons. The minimum absolute atomic E-state index is 0.0567. The number of benzene rings is 1. The molecular formula is C18H18N2O4. The molecule has 1 aromatic heterocycles. The van der Waals surface area contributed by atoms with Crippen LogP contribution >= 0.6 is 0 Å². The zero-order valence-corrected chi connectivity index (χ0v) is 13.4. The van der Waals surface area contributed by atoms with Crippen LogP contribution in [0.15, 0.2) is 41.2 Å². The summed E-state index contributed by atoms with van der Waals surface area (Å²) in [6.07, 6.45) is 1.06. The number of hydrogen-bond donors (Lipinski definition) is 1. The Hall–Kier alpha value is -3.07. The average Bonchev–Trinajstić information content (AvgIpc) is 2.59. The van der Waals surface area contributed by atoms with Crippen molar-refractivity contribution in [3.05, 3.63) is 52.3 Å². The van der Waals surface area contributed by atoms with Crippen LogP contribution in [0.1, 0.15) is 24.8 Å². The zero-order valence-electron chi connectivity index (χ0n) is 13.4. The van der Waals surface area contributed by atoms with E-state index < -0.39 is 5.97 Å². The standard InChI is InChI=1S/C18H18N2O4/c1-24-15-6-4-5-13(11-15)16-9-8-14(12-19)18(23)20(16)10-3-2-7-17(21)22/h4-6,8-9,11H,2-3,7,10H2,1H3,(H,21,22). The second-order valence-corrected chi connectivity index (χ2v) is 5.28. The first kappa shape index (κ1) is 17.3. The molecule has 0 unspecified atom stereocenters. The van der Waals surface area contributed by atoms with Gasteiger partial charge in [0.05, 0.1) is 12.8 Å². The van der Waals surface area contributed by atoms with Crippen LogP contribution in [0.3, 0.4) is 0 Å². The number of ether oxygens (including phenoxy) is 1. The number of nitriles is 1. The summed E-state index contributed by atoms with van der Waals surface area (Å²) in [7, 11) is 1.57. The van der Waals surface area contributed by atoms with Crippen LogP contribution in [0, 0.1) is 11.3 Å². The highest BCUT2D eigenvalue weighted by Gasteiger charge is 2.11. The first-order chi connectivity index (χ1) is 11.6. The van der Waals surface area contributed by atoms with Gasteiger partial charge < -0.3 is 14.4 Å². The van der Waals surface area contributed by atoms with Crippen LogP contribution in [0.2, 0.25) is 0 Å². The van der Waals surface area contributed by atoms with Crippen molar-refractivity contribution in [2.24, 2.45) is 0 Å². The van der Waals surface area contributed by atoms with Crippen molar-refractivity contribution in [2.75, 3.05) is 7.11 Å². The molecule has 0 aliphatic rings. The number of pyridine rings is 1. The fourth-order valence-corrected chi connectivity index (χ4v) is 2.47. The van der Waals surface area contributed by atoms with Crippen LogP contribution in [0.5, 0.6) is 5.75 Å². The zero-order chi connectivity index (χ0) is 17.5. The number of carboxylic acid groups (broad SMARTS) is 1.